The lowest BCUT2D eigenvalue weighted by atomic mass is 9.97. The molecule has 0 bridgehead atoms. The van der Waals surface area contributed by atoms with Crippen molar-refractivity contribution in [1.29, 1.82) is 0 Å². The second-order valence-electron chi connectivity index (χ2n) is 7.82. The maximum absolute atomic E-state index is 12.7. The second kappa shape index (κ2) is 10.1. The largest absolute Gasteiger partial charge is 0.491 e. The van der Waals surface area contributed by atoms with Gasteiger partial charge in [0.05, 0.1) is 12.3 Å². The van der Waals surface area contributed by atoms with E-state index >= 15 is 0 Å². The molecule has 1 amide bonds. The number of piperidine rings is 1. The van der Waals surface area contributed by atoms with Crippen molar-refractivity contribution in [2.24, 2.45) is 5.92 Å². The number of amides is 1. The van der Waals surface area contributed by atoms with Crippen LogP contribution in [0.4, 0.5) is 0 Å². The van der Waals surface area contributed by atoms with Gasteiger partial charge in [0.15, 0.2) is 0 Å². The van der Waals surface area contributed by atoms with Crippen LogP contribution in [0.3, 0.4) is 0 Å². The predicted octanol–water partition coefficient (Wildman–Crippen LogP) is 3.04. The number of hydrogen-bond donors (Lipinski definition) is 1. The van der Waals surface area contributed by atoms with Gasteiger partial charge in [0.25, 0.3) is 0 Å². The lowest BCUT2D eigenvalue weighted by Gasteiger charge is -2.30. The van der Waals surface area contributed by atoms with Gasteiger partial charge in [0, 0.05) is 19.0 Å². The third kappa shape index (κ3) is 6.06. The quantitative estimate of drug-likeness (QED) is 0.653. The standard InChI is InChI=1S/C23H30N2O4S/c1-18-7-9-20(10-8-18)17-30(27,28)25-14-11-21(12-15-25)23(26)24-13-16-29-22-6-4-3-5-19(22)2/h3-10,21H,11-17H2,1-2H3,(H,24,26). The van der Waals surface area contributed by atoms with Crippen LogP contribution < -0.4 is 10.1 Å². The van der Waals surface area contributed by atoms with Gasteiger partial charge >= 0.3 is 0 Å². The molecule has 1 aliphatic rings. The van der Waals surface area contributed by atoms with Gasteiger partial charge in [0.2, 0.25) is 15.9 Å². The summed E-state index contributed by atoms with van der Waals surface area (Å²) in [6.45, 7) is 5.55. The summed E-state index contributed by atoms with van der Waals surface area (Å²) < 4.78 is 32.6. The Morgan fingerprint density at radius 3 is 2.40 bits per heavy atom. The summed E-state index contributed by atoms with van der Waals surface area (Å²) >= 11 is 0. The predicted molar refractivity (Wildman–Crippen MR) is 118 cm³/mol. The number of nitrogens with one attached hydrogen (secondary N) is 1. The Hall–Kier alpha value is -2.38. The lowest BCUT2D eigenvalue weighted by molar-refractivity contribution is -0.126. The van der Waals surface area contributed by atoms with E-state index in [1.807, 2.05) is 62.4 Å². The molecule has 1 fully saturated rings. The number of carbonyl (C=O) groups excluding carboxylic acids is 1. The molecule has 0 atom stereocenters. The first-order chi connectivity index (χ1) is 14.3. The molecule has 0 aromatic heterocycles. The fourth-order valence-electron chi connectivity index (χ4n) is 3.58. The summed E-state index contributed by atoms with van der Waals surface area (Å²) in [5, 5.41) is 2.91. The van der Waals surface area contributed by atoms with Gasteiger partial charge in [-0.3, -0.25) is 4.79 Å². The number of rotatable bonds is 8. The minimum Gasteiger partial charge on any atom is -0.491 e. The van der Waals surface area contributed by atoms with Gasteiger partial charge in [-0.1, -0.05) is 48.0 Å². The number of nitrogens with zero attached hydrogens (tertiary/aromatic N) is 1. The minimum absolute atomic E-state index is 0.000382. The number of hydrogen-bond acceptors (Lipinski definition) is 4. The van der Waals surface area contributed by atoms with Crippen molar-refractivity contribution in [2.75, 3.05) is 26.2 Å². The molecule has 3 rings (SSSR count). The van der Waals surface area contributed by atoms with E-state index < -0.39 is 10.0 Å². The molecule has 162 valence electrons. The zero-order chi connectivity index (χ0) is 21.6. The zero-order valence-electron chi connectivity index (χ0n) is 17.6. The normalized spacial score (nSPS) is 15.7. The SMILES string of the molecule is Cc1ccc(CS(=O)(=O)N2CCC(C(=O)NCCOc3ccccc3C)CC2)cc1. The Balaban J connectivity index is 1.41. The van der Waals surface area contributed by atoms with Crippen molar-refractivity contribution in [3.63, 3.8) is 0 Å². The van der Waals surface area contributed by atoms with Gasteiger partial charge < -0.3 is 10.1 Å². The van der Waals surface area contributed by atoms with E-state index in [1.165, 1.54) is 4.31 Å². The Bertz CT molecular complexity index is 949. The van der Waals surface area contributed by atoms with Crippen LogP contribution in [0.25, 0.3) is 0 Å². The Labute approximate surface area is 179 Å². The first kappa shape index (κ1) is 22.3. The fraction of sp³-hybridized carbons (Fsp3) is 0.435. The molecular weight excluding hydrogens is 400 g/mol. The van der Waals surface area contributed by atoms with E-state index in [2.05, 4.69) is 5.32 Å². The maximum Gasteiger partial charge on any atom is 0.223 e. The average Bonchev–Trinajstić information content (AvgIpc) is 2.74. The summed E-state index contributed by atoms with van der Waals surface area (Å²) in [5.41, 5.74) is 2.95. The number of sulfonamides is 1. The molecule has 0 spiro atoms. The highest BCUT2D eigenvalue weighted by atomic mass is 32.2. The molecule has 1 heterocycles. The number of carbonyl (C=O) groups is 1. The molecule has 0 saturated carbocycles. The summed E-state index contributed by atoms with van der Waals surface area (Å²) in [5.74, 6) is 0.632. The molecule has 0 radical (unpaired) electrons. The third-order valence-electron chi connectivity index (χ3n) is 5.44. The smallest absolute Gasteiger partial charge is 0.223 e. The lowest BCUT2D eigenvalue weighted by Crippen LogP contribution is -2.43. The zero-order valence-corrected chi connectivity index (χ0v) is 18.5. The van der Waals surface area contributed by atoms with Crippen LogP contribution >= 0.6 is 0 Å². The molecule has 1 saturated heterocycles. The van der Waals surface area contributed by atoms with Crippen LogP contribution in [0.5, 0.6) is 5.75 Å². The first-order valence-electron chi connectivity index (χ1n) is 10.3. The number of aryl methyl sites for hydroxylation is 2. The molecule has 6 nitrogen and oxygen atoms in total. The molecule has 0 unspecified atom stereocenters. The summed E-state index contributed by atoms with van der Waals surface area (Å²) in [4.78, 5) is 12.4. The molecule has 2 aromatic carbocycles. The van der Waals surface area contributed by atoms with Gasteiger partial charge in [-0.2, -0.15) is 0 Å². The topological polar surface area (TPSA) is 75.7 Å². The van der Waals surface area contributed by atoms with Crippen molar-refractivity contribution in [1.82, 2.24) is 9.62 Å². The third-order valence-corrected chi connectivity index (χ3v) is 7.29. The van der Waals surface area contributed by atoms with Crippen LogP contribution in [0.1, 0.15) is 29.5 Å². The number of para-hydroxylation sites is 1. The van der Waals surface area contributed by atoms with Gasteiger partial charge in [-0.05, 0) is 43.9 Å². The van der Waals surface area contributed by atoms with Crippen molar-refractivity contribution < 1.29 is 17.9 Å². The van der Waals surface area contributed by atoms with E-state index in [0.29, 0.717) is 39.1 Å². The summed E-state index contributed by atoms with van der Waals surface area (Å²) in [6, 6.07) is 15.3. The molecule has 0 aliphatic carbocycles. The monoisotopic (exact) mass is 430 g/mol. The number of ether oxygens (including phenoxy) is 1. The second-order valence-corrected chi connectivity index (χ2v) is 9.79. The molecule has 1 N–H and O–H groups in total. The summed E-state index contributed by atoms with van der Waals surface area (Å²) in [6.07, 6.45) is 1.08. The number of benzene rings is 2. The molecule has 7 heteroatoms. The van der Waals surface area contributed by atoms with E-state index in [9.17, 15) is 13.2 Å². The average molecular weight is 431 g/mol. The van der Waals surface area contributed by atoms with E-state index in [-0.39, 0.29) is 17.6 Å². The highest BCUT2D eigenvalue weighted by Gasteiger charge is 2.31. The van der Waals surface area contributed by atoms with E-state index in [4.69, 9.17) is 4.74 Å². The van der Waals surface area contributed by atoms with Crippen molar-refractivity contribution in [3.05, 3.63) is 65.2 Å². The van der Waals surface area contributed by atoms with Gasteiger partial charge in [0.1, 0.15) is 12.4 Å². The van der Waals surface area contributed by atoms with Crippen molar-refractivity contribution in [3.8, 4) is 5.75 Å². The maximum atomic E-state index is 12.7. The molecule has 30 heavy (non-hydrogen) atoms. The Morgan fingerprint density at radius 2 is 1.73 bits per heavy atom. The Kier molecular flexibility index (Phi) is 7.50. The minimum atomic E-state index is -3.37. The fourth-order valence-corrected chi connectivity index (χ4v) is 5.14. The van der Waals surface area contributed by atoms with Crippen LogP contribution in [0.15, 0.2) is 48.5 Å². The van der Waals surface area contributed by atoms with Crippen LogP contribution in [-0.2, 0) is 20.6 Å². The van der Waals surface area contributed by atoms with Crippen LogP contribution in [-0.4, -0.2) is 44.9 Å². The molecule has 1 aliphatic heterocycles. The van der Waals surface area contributed by atoms with Crippen molar-refractivity contribution in [2.45, 2.75) is 32.4 Å². The van der Waals surface area contributed by atoms with Crippen LogP contribution in [0, 0.1) is 19.8 Å². The van der Waals surface area contributed by atoms with Crippen LogP contribution in [0.2, 0.25) is 0 Å². The highest BCUT2D eigenvalue weighted by Crippen LogP contribution is 2.22. The summed E-state index contributed by atoms with van der Waals surface area (Å²) in [7, 11) is -3.37. The van der Waals surface area contributed by atoms with Gasteiger partial charge in [-0.15, -0.1) is 0 Å². The molecular formula is C23H30N2O4S. The highest BCUT2D eigenvalue weighted by molar-refractivity contribution is 7.88. The van der Waals surface area contributed by atoms with Crippen molar-refractivity contribution >= 4 is 15.9 Å². The van der Waals surface area contributed by atoms with E-state index in [0.717, 1.165) is 22.4 Å². The van der Waals surface area contributed by atoms with E-state index in [1.54, 1.807) is 0 Å². The molecule has 2 aromatic rings. The Morgan fingerprint density at radius 1 is 1.07 bits per heavy atom. The van der Waals surface area contributed by atoms with Gasteiger partial charge in [-0.25, -0.2) is 12.7 Å². The first-order valence-corrected chi connectivity index (χ1v) is 12.0.